The molecule has 0 unspecified atom stereocenters. The predicted molar refractivity (Wildman–Crippen MR) is 118 cm³/mol. The minimum atomic E-state index is -3.55. The van der Waals surface area contributed by atoms with Crippen molar-refractivity contribution >= 4 is 54.8 Å². The second-order valence-corrected chi connectivity index (χ2v) is 10.1. The number of aryl methyl sites for hydroxylation is 2. The van der Waals surface area contributed by atoms with Gasteiger partial charge >= 0.3 is 0 Å². The van der Waals surface area contributed by atoms with E-state index in [4.69, 9.17) is 12.2 Å². The number of rotatable bonds is 3. The van der Waals surface area contributed by atoms with Crippen molar-refractivity contribution < 1.29 is 13.2 Å². The Kier molecular flexibility index (Phi) is 5.99. The van der Waals surface area contributed by atoms with Crippen LogP contribution in [0.5, 0.6) is 0 Å². The number of thiazole rings is 1. The highest BCUT2D eigenvalue weighted by atomic mass is 32.2. The zero-order chi connectivity index (χ0) is 21.3. The summed E-state index contributed by atoms with van der Waals surface area (Å²) in [7, 11) is 1.24. The number of thiocarbonyl (C=S) groups is 1. The summed E-state index contributed by atoms with van der Waals surface area (Å²) in [5, 5.41) is 2.61. The maximum atomic E-state index is 12.4. The Bertz CT molecular complexity index is 1270. The monoisotopic (exact) mass is 448 g/mol. The molecule has 2 aromatic carbocycles. The van der Waals surface area contributed by atoms with E-state index in [0.717, 1.165) is 20.1 Å². The topological polar surface area (TPSA) is 83.8 Å². The molecule has 29 heavy (non-hydrogen) atoms. The predicted octanol–water partition coefficient (Wildman–Crippen LogP) is 2.41. The number of nitrogens with zero attached hydrogens (tertiary/aromatic N) is 3. The number of nitrogens with one attached hydrogen (secondary N) is 1. The molecule has 0 aliphatic heterocycles. The van der Waals surface area contributed by atoms with Crippen LogP contribution in [-0.4, -0.2) is 42.4 Å². The van der Waals surface area contributed by atoms with Gasteiger partial charge in [0, 0.05) is 26.7 Å². The normalized spacial score (nSPS) is 12.5. The van der Waals surface area contributed by atoms with Gasteiger partial charge in [-0.3, -0.25) is 10.1 Å². The SMILES string of the molecule is Cc1ccc2c(c1)sc(=NC(=S)NC(=O)c1ccc(S(=O)(=O)N(C)C)cc1)n2C. The van der Waals surface area contributed by atoms with Crippen LogP contribution in [0.4, 0.5) is 0 Å². The highest BCUT2D eigenvalue weighted by Crippen LogP contribution is 2.18. The third-order valence-corrected chi connectivity index (χ3v) is 7.39. The van der Waals surface area contributed by atoms with Gasteiger partial charge in [0.25, 0.3) is 5.91 Å². The van der Waals surface area contributed by atoms with Crippen molar-refractivity contribution in [2.75, 3.05) is 14.1 Å². The summed E-state index contributed by atoms with van der Waals surface area (Å²) in [6, 6.07) is 11.8. The van der Waals surface area contributed by atoms with Crippen molar-refractivity contribution in [3.05, 3.63) is 58.4 Å². The summed E-state index contributed by atoms with van der Waals surface area (Å²) in [6.45, 7) is 2.02. The van der Waals surface area contributed by atoms with Crippen LogP contribution < -0.4 is 10.1 Å². The Morgan fingerprint density at radius 3 is 2.45 bits per heavy atom. The average molecular weight is 449 g/mol. The van der Waals surface area contributed by atoms with Crippen molar-refractivity contribution in [3.63, 3.8) is 0 Å². The second-order valence-electron chi connectivity index (χ2n) is 6.60. The van der Waals surface area contributed by atoms with Crippen molar-refractivity contribution in [1.82, 2.24) is 14.2 Å². The Balaban J connectivity index is 1.80. The lowest BCUT2D eigenvalue weighted by atomic mass is 10.2. The first-order valence-corrected chi connectivity index (χ1v) is 11.2. The first-order valence-electron chi connectivity index (χ1n) is 8.58. The standard InChI is InChI=1S/C19H20N4O3S3/c1-12-5-10-15-16(11-12)28-19(23(15)4)21-18(27)20-17(24)13-6-8-14(9-7-13)29(25,26)22(2)3/h5-11H,1-4H3,(H,20,24,27). The van der Waals surface area contributed by atoms with E-state index < -0.39 is 15.9 Å². The van der Waals surface area contributed by atoms with Gasteiger partial charge in [0.05, 0.1) is 15.1 Å². The molecule has 0 spiro atoms. The maximum Gasteiger partial charge on any atom is 0.257 e. The van der Waals surface area contributed by atoms with E-state index in [9.17, 15) is 13.2 Å². The molecule has 0 aliphatic rings. The number of hydrogen-bond donors (Lipinski definition) is 1. The Labute approximate surface area is 178 Å². The third kappa shape index (κ3) is 4.45. The first-order chi connectivity index (χ1) is 13.6. The summed E-state index contributed by atoms with van der Waals surface area (Å²) < 4.78 is 28.3. The molecule has 10 heteroatoms. The van der Waals surface area contributed by atoms with Gasteiger partial charge in [-0.2, -0.15) is 4.99 Å². The molecule has 0 saturated carbocycles. The van der Waals surface area contributed by atoms with Crippen LogP contribution in [0.25, 0.3) is 10.2 Å². The number of benzene rings is 2. The first kappa shape index (κ1) is 21.3. The summed E-state index contributed by atoms with van der Waals surface area (Å²) in [4.78, 5) is 17.5. The van der Waals surface area contributed by atoms with Crippen molar-refractivity contribution in [3.8, 4) is 0 Å². The molecule has 7 nitrogen and oxygen atoms in total. The van der Waals surface area contributed by atoms with Gasteiger partial charge < -0.3 is 4.57 Å². The van der Waals surface area contributed by atoms with Gasteiger partial charge in [-0.15, -0.1) is 0 Å². The Morgan fingerprint density at radius 1 is 1.17 bits per heavy atom. The molecule has 3 rings (SSSR count). The van der Waals surface area contributed by atoms with Gasteiger partial charge in [-0.05, 0) is 61.1 Å². The molecule has 0 aliphatic carbocycles. The maximum absolute atomic E-state index is 12.4. The molecule has 0 radical (unpaired) electrons. The fourth-order valence-corrected chi connectivity index (χ4v) is 4.88. The van der Waals surface area contributed by atoms with E-state index in [1.54, 1.807) is 0 Å². The molecule has 0 atom stereocenters. The van der Waals surface area contributed by atoms with Crippen molar-refractivity contribution in [2.45, 2.75) is 11.8 Å². The van der Waals surface area contributed by atoms with Crippen LogP contribution >= 0.6 is 23.6 Å². The number of carbonyl (C=O) groups excluding carboxylic acids is 1. The van der Waals surface area contributed by atoms with Gasteiger partial charge in [0.1, 0.15) is 0 Å². The Hall–Kier alpha value is -2.40. The number of hydrogen-bond acceptors (Lipinski definition) is 5. The number of aromatic nitrogens is 1. The molecule has 0 saturated heterocycles. The van der Waals surface area contributed by atoms with Crippen LogP contribution in [-0.2, 0) is 17.1 Å². The van der Waals surface area contributed by atoms with E-state index in [1.165, 1.54) is 49.7 Å². The van der Waals surface area contributed by atoms with Gasteiger partial charge in [0.15, 0.2) is 4.80 Å². The molecule has 1 N–H and O–H groups in total. The van der Waals surface area contributed by atoms with Crippen LogP contribution in [0, 0.1) is 6.92 Å². The van der Waals surface area contributed by atoms with Crippen molar-refractivity contribution in [2.24, 2.45) is 12.0 Å². The third-order valence-electron chi connectivity index (χ3n) is 4.28. The van der Waals surface area contributed by atoms with Gasteiger partial charge in [-0.1, -0.05) is 17.4 Å². The van der Waals surface area contributed by atoms with Crippen LogP contribution in [0.2, 0.25) is 0 Å². The quantitative estimate of drug-likeness (QED) is 0.624. The zero-order valence-electron chi connectivity index (χ0n) is 16.3. The van der Waals surface area contributed by atoms with Crippen LogP contribution in [0.15, 0.2) is 52.4 Å². The minimum absolute atomic E-state index is 0.0406. The fraction of sp³-hybridized carbons (Fsp3) is 0.211. The molecule has 3 aromatic rings. The lowest BCUT2D eigenvalue weighted by molar-refractivity contribution is 0.0977. The van der Waals surface area contributed by atoms with E-state index in [0.29, 0.717) is 4.80 Å². The summed E-state index contributed by atoms with van der Waals surface area (Å²) in [5.41, 5.74) is 2.48. The van der Waals surface area contributed by atoms with E-state index in [-0.39, 0.29) is 15.6 Å². The highest BCUT2D eigenvalue weighted by molar-refractivity contribution is 7.89. The Morgan fingerprint density at radius 2 is 1.83 bits per heavy atom. The number of amides is 1. The molecule has 1 heterocycles. The number of sulfonamides is 1. The van der Waals surface area contributed by atoms with E-state index in [2.05, 4.69) is 16.4 Å². The summed E-state index contributed by atoms with van der Waals surface area (Å²) >= 11 is 6.70. The zero-order valence-corrected chi connectivity index (χ0v) is 18.8. The highest BCUT2D eigenvalue weighted by Gasteiger charge is 2.17. The molecular formula is C19H20N4O3S3. The summed E-state index contributed by atoms with van der Waals surface area (Å²) in [5.74, 6) is -0.452. The average Bonchev–Trinajstić information content (AvgIpc) is 2.96. The van der Waals surface area contributed by atoms with Gasteiger partial charge in [0.2, 0.25) is 15.1 Å². The largest absolute Gasteiger partial charge is 0.319 e. The minimum Gasteiger partial charge on any atom is -0.319 e. The number of fused-ring (bicyclic) bond motifs is 1. The van der Waals surface area contributed by atoms with Crippen molar-refractivity contribution in [1.29, 1.82) is 0 Å². The lowest BCUT2D eigenvalue weighted by Gasteiger charge is -2.11. The molecule has 152 valence electrons. The second kappa shape index (κ2) is 8.15. The molecule has 0 fully saturated rings. The fourth-order valence-electron chi connectivity index (χ4n) is 2.62. The number of carbonyl (C=O) groups is 1. The van der Waals surface area contributed by atoms with Gasteiger partial charge in [-0.25, -0.2) is 12.7 Å². The lowest BCUT2D eigenvalue weighted by Crippen LogP contribution is -2.29. The van der Waals surface area contributed by atoms with Crippen LogP contribution in [0.3, 0.4) is 0 Å². The molecule has 0 bridgehead atoms. The molecule has 1 aromatic heterocycles. The van der Waals surface area contributed by atoms with E-state index in [1.807, 2.05) is 30.7 Å². The summed E-state index contributed by atoms with van der Waals surface area (Å²) in [6.07, 6.45) is 0. The van der Waals surface area contributed by atoms with E-state index >= 15 is 0 Å². The van der Waals surface area contributed by atoms with Crippen LogP contribution in [0.1, 0.15) is 15.9 Å². The molecular weight excluding hydrogens is 428 g/mol. The smallest absolute Gasteiger partial charge is 0.257 e. The molecule has 1 amide bonds.